The number of amides is 2. The Hall–Kier alpha value is -2.87. The smallest absolute Gasteiger partial charge is 0.235 e. The standard InChI is InChI=1S/C34H43BrN4O3/c1-22-29(35)7-4-8-31(22)42-26-12-9-23(10-13-26)5-3-6-24-17-19-39(20-18-24)25-11-14-27-30(21-25)38(2)37-33(27)28-15-16-32(40)36-34(28)41/h4,7-8,11,14,21,23-24,26,28H,3,5-6,9-10,12-13,15-20H2,1-2H3,(H,36,40,41)/t23-,26+,28?. The number of anilines is 1. The summed E-state index contributed by atoms with van der Waals surface area (Å²) in [6.07, 6.45) is 12.7. The average Bonchev–Trinajstić information content (AvgIpc) is 3.32. The summed E-state index contributed by atoms with van der Waals surface area (Å²) in [4.78, 5) is 26.6. The van der Waals surface area contributed by atoms with Crippen LogP contribution in [0.3, 0.4) is 0 Å². The van der Waals surface area contributed by atoms with E-state index in [1.807, 2.05) is 11.7 Å². The van der Waals surface area contributed by atoms with Gasteiger partial charge >= 0.3 is 0 Å². The van der Waals surface area contributed by atoms with E-state index in [-0.39, 0.29) is 17.7 Å². The number of nitrogens with zero attached hydrogens (tertiary/aromatic N) is 3. The lowest BCUT2D eigenvalue weighted by atomic mass is 9.82. The summed E-state index contributed by atoms with van der Waals surface area (Å²) < 4.78 is 9.36. The third kappa shape index (κ3) is 6.38. The quantitative estimate of drug-likeness (QED) is 0.265. The highest BCUT2D eigenvalue weighted by Gasteiger charge is 2.32. The van der Waals surface area contributed by atoms with Crippen molar-refractivity contribution in [2.45, 2.75) is 89.6 Å². The Kier molecular flexibility index (Phi) is 8.89. The Morgan fingerprint density at radius 3 is 2.45 bits per heavy atom. The number of halogens is 1. The van der Waals surface area contributed by atoms with Crippen molar-refractivity contribution in [1.29, 1.82) is 0 Å². The van der Waals surface area contributed by atoms with E-state index < -0.39 is 0 Å². The lowest BCUT2D eigenvalue weighted by Crippen LogP contribution is -2.39. The number of aromatic nitrogens is 2. The summed E-state index contributed by atoms with van der Waals surface area (Å²) in [6.45, 7) is 4.30. The Labute approximate surface area is 257 Å². The van der Waals surface area contributed by atoms with E-state index in [4.69, 9.17) is 9.84 Å². The van der Waals surface area contributed by atoms with Gasteiger partial charge in [0, 0.05) is 47.7 Å². The van der Waals surface area contributed by atoms with Crippen molar-refractivity contribution in [3.63, 3.8) is 0 Å². The summed E-state index contributed by atoms with van der Waals surface area (Å²) in [5, 5.41) is 8.19. The molecule has 6 rings (SSSR count). The van der Waals surface area contributed by atoms with Crippen molar-refractivity contribution in [3.05, 3.63) is 52.1 Å². The number of ether oxygens (including phenoxy) is 1. The van der Waals surface area contributed by atoms with E-state index in [1.165, 1.54) is 69.0 Å². The van der Waals surface area contributed by atoms with Gasteiger partial charge in [0.15, 0.2) is 0 Å². The van der Waals surface area contributed by atoms with Crippen molar-refractivity contribution in [1.82, 2.24) is 15.1 Å². The molecule has 2 aliphatic heterocycles. The zero-order valence-electron chi connectivity index (χ0n) is 24.9. The van der Waals surface area contributed by atoms with Gasteiger partial charge in [0.1, 0.15) is 5.75 Å². The van der Waals surface area contributed by atoms with Crippen LogP contribution >= 0.6 is 15.9 Å². The first-order chi connectivity index (χ1) is 20.4. The van der Waals surface area contributed by atoms with Crippen molar-refractivity contribution < 1.29 is 14.3 Å². The molecule has 2 saturated heterocycles. The van der Waals surface area contributed by atoms with Gasteiger partial charge in [-0.25, -0.2) is 0 Å². The minimum atomic E-state index is -0.363. The maximum atomic E-state index is 12.5. The first-order valence-electron chi connectivity index (χ1n) is 15.8. The molecule has 1 aliphatic carbocycles. The summed E-state index contributed by atoms with van der Waals surface area (Å²) in [7, 11) is 1.94. The van der Waals surface area contributed by atoms with Crippen molar-refractivity contribution >= 4 is 44.3 Å². The summed E-state index contributed by atoms with van der Waals surface area (Å²) >= 11 is 3.62. The molecule has 3 heterocycles. The molecule has 2 aromatic carbocycles. The first-order valence-corrected chi connectivity index (χ1v) is 16.6. The monoisotopic (exact) mass is 634 g/mol. The Bertz CT molecular complexity index is 1440. The lowest BCUT2D eigenvalue weighted by molar-refractivity contribution is -0.134. The fourth-order valence-electron chi connectivity index (χ4n) is 7.29. The highest BCUT2D eigenvalue weighted by molar-refractivity contribution is 9.10. The van der Waals surface area contributed by atoms with Crippen LogP contribution in [0.25, 0.3) is 10.9 Å². The molecule has 1 atom stereocenters. The molecule has 1 saturated carbocycles. The molecule has 8 heteroatoms. The number of carbonyl (C=O) groups is 2. The number of benzene rings is 2. The maximum Gasteiger partial charge on any atom is 0.235 e. The van der Waals surface area contributed by atoms with Crippen molar-refractivity contribution in [2.75, 3.05) is 18.0 Å². The topological polar surface area (TPSA) is 76.5 Å². The molecule has 1 aromatic heterocycles. The molecule has 1 N–H and O–H groups in total. The Morgan fingerprint density at radius 1 is 0.976 bits per heavy atom. The van der Waals surface area contributed by atoms with Crippen LogP contribution in [0, 0.1) is 18.8 Å². The maximum absolute atomic E-state index is 12.5. The minimum Gasteiger partial charge on any atom is -0.490 e. The zero-order valence-corrected chi connectivity index (χ0v) is 26.5. The number of aryl methyl sites for hydroxylation is 1. The van der Waals surface area contributed by atoms with Gasteiger partial charge < -0.3 is 9.64 Å². The number of nitrogens with one attached hydrogen (secondary N) is 1. The molecule has 1 unspecified atom stereocenters. The van der Waals surface area contributed by atoms with E-state index in [9.17, 15) is 9.59 Å². The number of carbonyl (C=O) groups excluding carboxylic acids is 2. The highest BCUT2D eigenvalue weighted by Crippen LogP contribution is 2.36. The van der Waals surface area contributed by atoms with E-state index in [2.05, 4.69) is 69.5 Å². The second kappa shape index (κ2) is 12.8. The zero-order chi connectivity index (χ0) is 29.2. The van der Waals surface area contributed by atoms with Crippen LogP contribution in [0.15, 0.2) is 40.9 Å². The second-order valence-electron chi connectivity index (χ2n) is 12.7. The van der Waals surface area contributed by atoms with Crippen LogP contribution < -0.4 is 15.0 Å². The average molecular weight is 636 g/mol. The van der Waals surface area contributed by atoms with Gasteiger partial charge in [-0.3, -0.25) is 19.6 Å². The fraction of sp³-hybridized carbons (Fsp3) is 0.559. The van der Waals surface area contributed by atoms with Crippen molar-refractivity contribution in [3.8, 4) is 5.75 Å². The van der Waals surface area contributed by atoms with E-state index >= 15 is 0 Å². The van der Waals surface area contributed by atoms with Crippen LogP contribution in [0.2, 0.25) is 0 Å². The van der Waals surface area contributed by atoms with Gasteiger partial charge in [-0.05, 0) is 94.0 Å². The normalized spacial score (nSPS) is 23.8. The molecule has 0 radical (unpaired) electrons. The summed E-state index contributed by atoms with van der Waals surface area (Å²) in [5.74, 6) is 1.91. The predicted octanol–water partition coefficient (Wildman–Crippen LogP) is 7.19. The Balaban J connectivity index is 0.947. The molecule has 2 amide bonds. The molecular weight excluding hydrogens is 592 g/mol. The van der Waals surface area contributed by atoms with Crippen LogP contribution in [0.5, 0.6) is 5.75 Å². The van der Waals surface area contributed by atoms with Gasteiger partial charge in [-0.15, -0.1) is 0 Å². The lowest BCUT2D eigenvalue weighted by Gasteiger charge is -2.34. The number of rotatable bonds is 8. The molecule has 224 valence electrons. The first kappa shape index (κ1) is 29.2. The third-order valence-corrected chi connectivity index (χ3v) is 10.8. The van der Waals surface area contributed by atoms with E-state index in [0.29, 0.717) is 18.9 Å². The van der Waals surface area contributed by atoms with Gasteiger partial charge in [0.2, 0.25) is 11.8 Å². The van der Waals surface area contributed by atoms with Crippen LogP contribution in [0.1, 0.15) is 87.8 Å². The largest absolute Gasteiger partial charge is 0.490 e. The number of piperidine rings is 2. The van der Waals surface area contributed by atoms with Gasteiger partial charge in [-0.1, -0.05) is 41.3 Å². The number of hydrogen-bond donors (Lipinski definition) is 1. The van der Waals surface area contributed by atoms with Crippen molar-refractivity contribution in [2.24, 2.45) is 18.9 Å². The minimum absolute atomic E-state index is 0.192. The molecule has 0 bridgehead atoms. The number of fused-ring (bicyclic) bond motifs is 1. The SMILES string of the molecule is Cc1c(Br)cccc1O[C@H]1CC[C@@H](CCCC2CCN(c3ccc4c(C5CCC(=O)NC5=O)nn(C)c4c3)CC2)CC1. The highest BCUT2D eigenvalue weighted by atomic mass is 79.9. The van der Waals surface area contributed by atoms with Crippen LogP contribution in [-0.4, -0.2) is 40.8 Å². The van der Waals surface area contributed by atoms with Crippen LogP contribution in [0.4, 0.5) is 5.69 Å². The number of hydrogen-bond acceptors (Lipinski definition) is 5. The molecule has 3 fully saturated rings. The fourth-order valence-corrected chi connectivity index (χ4v) is 7.64. The van der Waals surface area contributed by atoms with E-state index in [0.717, 1.165) is 51.7 Å². The molecule has 0 spiro atoms. The molecule has 7 nitrogen and oxygen atoms in total. The van der Waals surface area contributed by atoms with Gasteiger partial charge in [-0.2, -0.15) is 5.10 Å². The molecule has 42 heavy (non-hydrogen) atoms. The molecule has 3 aromatic rings. The second-order valence-corrected chi connectivity index (χ2v) is 13.6. The third-order valence-electron chi connectivity index (χ3n) is 9.94. The molecule has 3 aliphatic rings. The molecular formula is C34H43BrN4O3. The summed E-state index contributed by atoms with van der Waals surface area (Å²) in [6, 6.07) is 12.7. The number of imide groups is 1. The Morgan fingerprint density at radius 2 is 1.71 bits per heavy atom. The van der Waals surface area contributed by atoms with Gasteiger partial charge in [0.25, 0.3) is 0 Å². The predicted molar refractivity (Wildman–Crippen MR) is 170 cm³/mol. The van der Waals surface area contributed by atoms with Gasteiger partial charge in [0.05, 0.1) is 23.2 Å². The van der Waals surface area contributed by atoms with Crippen LogP contribution in [-0.2, 0) is 16.6 Å². The summed E-state index contributed by atoms with van der Waals surface area (Å²) in [5.41, 5.74) is 4.25. The van der Waals surface area contributed by atoms with E-state index in [1.54, 1.807) is 0 Å².